The van der Waals surface area contributed by atoms with Gasteiger partial charge in [-0.1, -0.05) is 51.0 Å². The van der Waals surface area contributed by atoms with Crippen LogP contribution in [0.5, 0.6) is 0 Å². The lowest BCUT2D eigenvalue weighted by Crippen LogP contribution is -2.32. The molecule has 0 N–H and O–H groups in total. The highest BCUT2D eigenvalue weighted by Gasteiger charge is 2.23. The molecule has 2 aromatic carbocycles. The molecule has 0 bridgehead atoms. The van der Waals surface area contributed by atoms with E-state index in [1.54, 1.807) is 29.6 Å². The van der Waals surface area contributed by atoms with Crippen LogP contribution < -0.4 is 4.90 Å². The zero-order valence-electron chi connectivity index (χ0n) is 15.7. The van der Waals surface area contributed by atoms with Crippen molar-refractivity contribution < 1.29 is 4.79 Å². The Hall–Kier alpha value is -2.22. The summed E-state index contributed by atoms with van der Waals surface area (Å²) in [4.78, 5) is 24.0. The highest BCUT2D eigenvalue weighted by molar-refractivity contribution is 9.10. The van der Waals surface area contributed by atoms with Crippen LogP contribution in [0.1, 0.15) is 22.3 Å². The third-order valence-electron chi connectivity index (χ3n) is 4.60. The van der Waals surface area contributed by atoms with Gasteiger partial charge in [0.2, 0.25) is 0 Å². The zero-order valence-corrected chi connectivity index (χ0v) is 18.8. The van der Waals surface area contributed by atoms with E-state index in [4.69, 9.17) is 16.6 Å². The molecule has 5 nitrogen and oxygen atoms in total. The fourth-order valence-corrected chi connectivity index (χ4v) is 4.74. The first-order valence-electron chi connectivity index (χ1n) is 9.12. The highest BCUT2D eigenvalue weighted by Crippen LogP contribution is 2.32. The normalized spacial score (nSPS) is 11.1. The molecule has 0 aliphatic rings. The Bertz CT molecular complexity index is 1160. The zero-order chi connectivity index (χ0) is 20.4. The molecule has 148 valence electrons. The van der Waals surface area contributed by atoms with Gasteiger partial charge in [-0.3, -0.25) is 9.69 Å². The minimum atomic E-state index is -0.154. The third kappa shape index (κ3) is 4.37. The molecule has 0 atom stereocenters. The van der Waals surface area contributed by atoms with Crippen molar-refractivity contribution in [2.45, 2.75) is 19.9 Å². The van der Waals surface area contributed by atoms with Crippen LogP contribution >= 0.6 is 38.9 Å². The van der Waals surface area contributed by atoms with Gasteiger partial charge in [0.05, 0.1) is 27.1 Å². The van der Waals surface area contributed by atoms with E-state index in [1.165, 1.54) is 11.3 Å². The van der Waals surface area contributed by atoms with Crippen molar-refractivity contribution in [2.24, 2.45) is 0 Å². The number of para-hydroxylation sites is 1. The Morgan fingerprint density at radius 2 is 2.17 bits per heavy atom. The van der Waals surface area contributed by atoms with Gasteiger partial charge in [0.25, 0.3) is 5.91 Å². The van der Waals surface area contributed by atoms with Gasteiger partial charge in [0, 0.05) is 30.0 Å². The quantitative estimate of drug-likeness (QED) is 0.336. The van der Waals surface area contributed by atoms with Crippen LogP contribution in [0.4, 0.5) is 5.13 Å². The van der Waals surface area contributed by atoms with Crippen molar-refractivity contribution >= 4 is 60.1 Å². The molecule has 0 saturated carbocycles. The molecule has 0 saturated heterocycles. The number of aromatic nitrogens is 3. The summed E-state index contributed by atoms with van der Waals surface area (Å²) in [5.41, 5.74) is 2.48. The van der Waals surface area contributed by atoms with Crippen LogP contribution in [0.3, 0.4) is 0 Å². The Balaban J connectivity index is 1.68. The Labute approximate surface area is 186 Å². The molecule has 2 aromatic heterocycles. The average molecular weight is 490 g/mol. The van der Waals surface area contributed by atoms with Gasteiger partial charge in [0.15, 0.2) is 5.13 Å². The number of carbonyl (C=O) groups excluding carboxylic acids is 1. The number of hydrogen-bond acceptors (Lipinski definition) is 4. The van der Waals surface area contributed by atoms with Gasteiger partial charge in [-0.15, -0.1) is 0 Å². The largest absolute Gasteiger partial charge is 0.337 e. The van der Waals surface area contributed by atoms with E-state index in [1.807, 2.05) is 42.0 Å². The van der Waals surface area contributed by atoms with E-state index in [0.29, 0.717) is 22.3 Å². The minimum Gasteiger partial charge on any atom is -0.337 e. The maximum atomic E-state index is 13.4. The third-order valence-corrected chi connectivity index (χ3v) is 6.47. The lowest BCUT2D eigenvalue weighted by atomic mass is 10.2. The number of amides is 1. The van der Waals surface area contributed by atoms with Crippen LogP contribution in [-0.2, 0) is 6.54 Å². The van der Waals surface area contributed by atoms with Gasteiger partial charge in [-0.25, -0.2) is 9.97 Å². The number of nitrogens with zero attached hydrogens (tertiary/aromatic N) is 4. The fraction of sp³-hybridized carbons (Fsp3) is 0.190. The van der Waals surface area contributed by atoms with Gasteiger partial charge < -0.3 is 4.57 Å². The number of anilines is 1. The number of aryl methyl sites for hydroxylation is 2. The van der Waals surface area contributed by atoms with E-state index in [-0.39, 0.29) is 5.91 Å². The smallest absolute Gasteiger partial charge is 0.261 e. The van der Waals surface area contributed by atoms with E-state index < -0.39 is 0 Å². The Morgan fingerprint density at radius 3 is 2.93 bits per heavy atom. The molecule has 0 radical (unpaired) electrons. The van der Waals surface area contributed by atoms with E-state index in [9.17, 15) is 4.79 Å². The summed E-state index contributed by atoms with van der Waals surface area (Å²) in [5.74, 6) is -0.154. The first kappa shape index (κ1) is 20.1. The summed E-state index contributed by atoms with van der Waals surface area (Å²) < 4.78 is 3.87. The number of rotatable bonds is 6. The first-order valence-corrected chi connectivity index (χ1v) is 11.1. The second-order valence-corrected chi connectivity index (χ2v) is 8.99. The molecule has 2 heterocycles. The van der Waals surface area contributed by atoms with Gasteiger partial charge in [-0.2, -0.15) is 0 Å². The SMILES string of the molecule is Cc1cccc2sc(N(CCCn3ccnc3)C(=O)c3cc(Br)ccc3Cl)nc12. The van der Waals surface area contributed by atoms with Crippen molar-refractivity contribution in [3.05, 3.63) is 75.7 Å². The lowest BCUT2D eigenvalue weighted by molar-refractivity contribution is 0.0986. The van der Waals surface area contributed by atoms with Crippen molar-refractivity contribution in [3.8, 4) is 0 Å². The summed E-state index contributed by atoms with van der Waals surface area (Å²) in [7, 11) is 0. The van der Waals surface area contributed by atoms with Gasteiger partial charge in [0.1, 0.15) is 0 Å². The van der Waals surface area contributed by atoms with Gasteiger partial charge >= 0.3 is 0 Å². The fourth-order valence-electron chi connectivity index (χ4n) is 3.11. The van der Waals surface area contributed by atoms with Crippen LogP contribution in [0.2, 0.25) is 5.02 Å². The summed E-state index contributed by atoms with van der Waals surface area (Å²) in [6, 6.07) is 11.4. The highest BCUT2D eigenvalue weighted by atomic mass is 79.9. The number of imidazole rings is 1. The van der Waals surface area contributed by atoms with Crippen LogP contribution in [0.25, 0.3) is 10.2 Å². The molecule has 0 fully saturated rings. The minimum absolute atomic E-state index is 0.154. The molecule has 1 amide bonds. The topological polar surface area (TPSA) is 51.0 Å². The second-order valence-electron chi connectivity index (χ2n) is 6.65. The number of hydrogen-bond donors (Lipinski definition) is 0. The van der Waals surface area contributed by atoms with Crippen LogP contribution in [0.15, 0.2) is 59.6 Å². The summed E-state index contributed by atoms with van der Waals surface area (Å²) in [6.07, 6.45) is 6.21. The van der Waals surface area contributed by atoms with E-state index >= 15 is 0 Å². The molecule has 4 rings (SSSR count). The molecule has 29 heavy (non-hydrogen) atoms. The molecule has 4 aromatic rings. The predicted octanol–water partition coefficient (Wildman–Crippen LogP) is 5.95. The predicted molar refractivity (Wildman–Crippen MR) is 122 cm³/mol. The van der Waals surface area contributed by atoms with Crippen molar-refractivity contribution in [2.75, 3.05) is 11.4 Å². The van der Waals surface area contributed by atoms with Gasteiger partial charge in [-0.05, 0) is 43.2 Å². The first-order chi connectivity index (χ1) is 14.0. The summed E-state index contributed by atoms with van der Waals surface area (Å²) in [6.45, 7) is 3.32. The van der Waals surface area contributed by atoms with Crippen LogP contribution in [0, 0.1) is 6.92 Å². The molecule has 0 unspecified atom stereocenters. The number of thiazole rings is 1. The molecule has 0 aliphatic carbocycles. The summed E-state index contributed by atoms with van der Waals surface area (Å²) in [5, 5.41) is 1.11. The summed E-state index contributed by atoms with van der Waals surface area (Å²) >= 11 is 11.3. The molecular formula is C21H18BrClN4OS. The monoisotopic (exact) mass is 488 g/mol. The van der Waals surface area contributed by atoms with Crippen LogP contribution in [-0.4, -0.2) is 27.0 Å². The molecular weight excluding hydrogens is 472 g/mol. The van der Waals surface area contributed by atoms with Crippen molar-refractivity contribution in [1.82, 2.24) is 14.5 Å². The maximum Gasteiger partial charge on any atom is 0.261 e. The number of benzene rings is 2. The molecule has 8 heteroatoms. The second kappa shape index (κ2) is 8.65. The number of fused-ring (bicyclic) bond motifs is 1. The number of halogens is 2. The maximum absolute atomic E-state index is 13.4. The average Bonchev–Trinajstić information content (AvgIpc) is 3.37. The van der Waals surface area contributed by atoms with E-state index in [0.717, 1.165) is 33.2 Å². The number of carbonyl (C=O) groups is 1. The van der Waals surface area contributed by atoms with E-state index in [2.05, 4.69) is 20.9 Å². The Morgan fingerprint density at radius 1 is 1.31 bits per heavy atom. The molecule has 0 aliphatic heterocycles. The standard InChI is InChI=1S/C21H18BrClN4OS/c1-14-4-2-5-18-19(14)25-21(29-18)27(10-3-9-26-11-8-24-13-26)20(28)16-12-15(22)6-7-17(16)23/h2,4-8,11-13H,3,9-10H2,1H3. The van der Waals surface area contributed by atoms with Crippen molar-refractivity contribution in [1.29, 1.82) is 0 Å². The molecule has 0 spiro atoms. The Kier molecular flexibility index (Phi) is 5.99. The van der Waals surface area contributed by atoms with Crippen molar-refractivity contribution in [3.63, 3.8) is 0 Å². The lowest BCUT2D eigenvalue weighted by Gasteiger charge is -2.21.